The highest BCUT2D eigenvalue weighted by atomic mass is 31.2. The van der Waals surface area contributed by atoms with Crippen molar-refractivity contribution in [3.8, 4) is 0 Å². The molecule has 0 saturated carbocycles. The van der Waals surface area contributed by atoms with Crippen LogP contribution in [0, 0.1) is 20.8 Å². The van der Waals surface area contributed by atoms with Crippen molar-refractivity contribution in [2.75, 3.05) is 18.5 Å². The summed E-state index contributed by atoms with van der Waals surface area (Å²) in [6.45, 7) is 9.37. The largest absolute Gasteiger partial charge is 0.348 e. The molecule has 8 heteroatoms. The predicted molar refractivity (Wildman–Crippen MR) is 127 cm³/mol. The van der Waals surface area contributed by atoms with Gasteiger partial charge in [0.1, 0.15) is 0 Å². The first-order valence-electron chi connectivity index (χ1n) is 10.7. The zero-order valence-electron chi connectivity index (χ0n) is 19.3. The van der Waals surface area contributed by atoms with Gasteiger partial charge in [0.15, 0.2) is 0 Å². The van der Waals surface area contributed by atoms with E-state index in [1.807, 2.05) is 6.92 Å². The van der Waals surface area contributed by atoms with Crippen molar-refractivity contribution in [1.82, 2.24) is 5.32 Å². The Hall–Kier alpha value is -2.76. The number of hydrogen-bond donors (Lipinski definition) is 2. The third-order valence-corrected chi connectivity index (χ3v) is 7.48. The van der Waals surface area contributed by atoms with Crippen molar-refractivity contribution in [2.45, 2.75) is 47.5 Å². The van der Waals surface area contributed by atoms with Gasteiger partial charge in [-0.2, -0.15) is 0 Å². The number of aryl methyl sites for hydroxylation is 2. The highest BCUT2D eigenvalue weighted by Crippen LogP contribution is 2.50. The summed E-state index contributed by atoms with van der Waals surface area (Å²) in [4.78, 5) is 38.1. The van der Waals surface area contributed by atoms with E-state index in [1.54, 1.807) is 64.1 Å². The molecule has 0 aliphatic heterocycles. The zero-order chi connectivity index (χ0) is 23.9. The first kappa shape index (κ1) is 25.5. The van der Waals surface area contributed by atoms with Gasteiger partial charge in [-0.05, 0) is 62.9 Å². The van der Waals surface area contributed by atoms with Crippen molar-refractivity contribution in [1.29, 1.82) is 0 Å². The average molecular weight is 458 g/mol. The number of benzene rings is 2. The van der Waals surface area contributed by atoms with Crippen molar-refractivity contribution in [3.05, 3.63) is 58.7 Å². The minimum absolute atomic E-state index is 0.101. The minimum atomic E-state index is -3.88. The van der Waals surface area contributed by atoms with Crippen LogP contribution < -0.4 is 15.9 Å². The van der Waals surface area contributed by atoms with Gasteiger partial charge >= 0.3 is 19.2 Å². The van der Waals surface area contributed by atoms with Crippen LogP contribution in [0.1, 0.15) is 53.7 Å². The number of hydrogen-bond acceptors (Lipinski definition) is 5. The summed E-state index contributed by atoms with van der Waals surface area (Å²) >= 11 is 0. The second-order valence-electron chi connectivity index (χ2n) is 7.56. The highest BCUT2D eigenvalue weighted by molar-refractivity contribution is 7.83. The summed E-state index contributed by atoms with van der Waals surface area (Å²) in [6, 6.07) is 10.1. The standard InChI is InChI=1S/C24H31N2O5P/c1-6-8-14-25-22(27)23(28)26-21-17(4)15-16(3)20(18(21)5)24(29)32(30,31-7-2)19-12-10-9-11-13-19/h9-13,15H,6-8,14H2,1-5H3,(H,25,27)(H,26,28). The monoisotopic (exact) mass is 458 g/mol. The third kappa shape index (κ3) is 5.53. The molecule has 7 nitrogen and oxygen atoms in total. The Labute approximate surface area is 189 Å². The second kappa shape index (κ2) is 11.2. The maximum Gasteiger partial charge on any atom is 0.313 e. The van der Waals surface area contributed by atoms with Crippen LogP contribution in [0.4, 0.5) is 5.69 Å². The predicted octanol–water partition coefficient (Wildman–Crippen LogP) is 4.25. The molecule has 0 aliphatic rings. The lowest BCUT2D eigenvalue weighted by Crippen LogP contribution is -2.36. The van der Waals surface area contributed by atoms with Gasteiger partial charge in [0.25, 0.3) is 5.52 Å². The van der Waals surface area contributed by atoms with E-state index in [2.05, 4.69) is 10.6 Å². The summed E-state index contributed by atoms with van der Waals surface area (Å²) in [6.07, 6.45) is 1.66. The van der Waals surface area contributed by atoms with Crippen LogP contribution in [0.2, 0.25) is 0 Å². The van der Waals surface area contributed by atoms with Gasteiger partial charge in [0.05, 0.1) is 6.61 Å². The molecule has 2 aromatic carbocycles. The molecule has 0 heterocycles. The van der Waals surface area contributed by atoms with E-state index < -0.39 is 24.7 Å². The first-order chi connectivity index (χ1) is 15.2. The van der Waals surface area contributed by atoms with Gasteiger partial charge in [-0.1, -0.05) is 37.6 Å². The SMILES string of the molecule is CCCCNC(=O)C(=O)Nc1c(C)cc(C)c(C(=O)P(=O)(OCC)c2ccccc2)c1C. The molecule has 0 spiro atoms. The quantitative estimate of drug-likeness (QED) is 0.332. The Morgan fingerprint density at radius 2 is 1.62 bits per heavy atom. The van der Waals surface area contributed by atoms with Crippen molar-refractivity contribution < 1.29 is 23.5 Å². The molecule has 0 fully saturated rings. The summed E-state index contributed by atoms with van der Waals surface area (Å²) in [5, 5.41) is 5.50. The van der Waals surface area contributed by atoms with Crippen LogP contribution >= 0.6 is 7.37 Å². The fourth-order valence-corrected chi connectivity index (χ4v) is 5.61. The molecule has 0 saturated heterocycles. The lowest BCUT2D eigenvalue weighted by molar-refractivity contribution is -0.136. The maximum absolute atomic E-state index is 13.8. The number of carbonyl (C=O) groups excluding carboxylic acids is 3. The lowest BCUT2D eigenvalue weighted by atomic mass is 9.98. The zero-order valence-corrected chi connectivity index (χ0v) is 20.2. The van der Waals surface area contributed by atoms with Gasteiger partial charge in [-0.3, -0.25) is 18.9 Å². The maximum atomic E-state index is 13.8. The summed E-state index contributed by atoms with van der Waals surface area (Å²) in [5.74, 6) is -1.56. The molecular weight excluding hydrogens is 427 g/mol. The molecule has 0 aromatic heterocycles. The number of anilines is 1. The number of nitrogens with one attached hydrogen (secondary N) is 2. The van der Waals surface area contributed by atoms with Gasteiger partial charge in [0, 0.05) is 23.1 Å². The molecule has 0 bridgehead atoms. The molecule has 1 unspecified atom stereocenters. The number of unbranched alkanes of at least 4 members (excludes halogenated alkanes) is 1. The van der Waals surface area contributed by atoms with Crippen LogP contribution in [0.15, 0.2) is 36.4 Å². The molecule has 1 atom stereocenters. The molecule has 32 heavy (non-hydrogen) atoms. The van der Waals surface area contributed by atoms with E-state index in [-0.39, 0.29) is 12.2 Å². The van der Waals surface area contributed by atoms with Crippen molar-refractivity contribution in [2.24, 2.45) is 0 Å². The Balaban J connectivity index is 2.47. The molecular formula is C24H31N2O5P. The van der Waals surface area contributed by atoms with Crippen LogP contribution in [0.25, 0.3) is 0 Å². The van der Waals surface area contributed by atoms with E-state index in [4.69, 9.17) is 4.52 Å². The molecule has 2 N–H and O–H groups in total. The number of carbonyl (C=O) groups is 3. The van der Waals surface area contributed by atoms with Crippen LogP contribution in [0.5, 0.6) is 0 Å². The van der Waals surface area contributed by atoms with Gasteiger partial charge in [0.2, 0.25) is 0 Å². The fraction of sp³-hybridized carbons (Fsp3) is 0.375. The van der Waals surface area contributed by atoms with E-state index in [9.17, 15) is 18.9 Å². The highest BCUT2D eigenvalue weighted by Gasteiger charge is 2.38. The van der Waals surface area contributed by atoms with E-state index in [0.29, 0.717) is 34.2 Å². The van der Waals surface area contributed by atoms with E-state index in [0.717, 1.165) is 12.8 Å². The molecule has 0 aliphatic carbocycles. The Kier molecular flexibility index (Phi) is 8.93. The van der Waals surface area contributed by atoms with Gasteiger partial charge < -0.3 is 15.2 Å². The fourth-order valence-electron chi connectivity index (χ4n) is 3.54. The normalized spacial score (nSPS) is 12.7. The summed E-state index contributed by atoms with van der Waals surface area (Å²) in [5.41, 5.74) is 1.69. The third-order valence-electron chi connectivity index (χ3n) is 5.12. The molecule has 2 amide bonds. The van der Waals surface area contributed by atoms with E-state index >= 15 is 0 Å². The summed E-state index contributed by atoms with van der Waals surface area (Å²) < 4.78 is 19.3. The molecule has 0 radical (unpaired) electrons. The van der Waals surface area contributed by atoms with Gasteiger partial charge in [-0.15, -0.1) is 0 Å². The Bertz CT molecular complexity index is 1050. The lowest BCUT2D eigenvalue weighted by Gasteiger charge is -2.22. The minimum Gasteiger partial charge on any atom is -0.348 e. The average Bonchev–Trinajstić information content (AvgIpc) is 2.77. The Morgan fingerprint density at radius 1 is 0.969 bits per heavy atom. The Morgan fingerprint density at radius 3 is 2.22 bits per heavy atom. The molecule has 172 valence electrons. The van der Waals surface area contributed by atoms with Crippen LogP contribution in [-0.2, 0) is 18.7 Å². The molecule has 2 aromatic rings. The van der Waals surface area contributed by atoms with Crippen LogP contribution in [-0.4, -0.2) is 30.5 Å². The van der Waals surface area contributed by atoms with Crippen LogP contribution in [0.3, 0.4) is 0 Å². The topological polar surface area (TPSA) is 102 Å². The first-order valence-corrected chi connectivity index (χ1v) is 12.3. The van der Waals surface area contributed by atoms with E-state index in [1.165, 1.54) is 0 Å². The number of amides is 2. The second-order valence-corrected chi connectivity index (χ2v) is 9.84. The summed E-state index contributed by atoms with van der Waals surface area (Å²) in [7, 11) is -3.88. The van der Waals surface area contributed by atoms with Gasteiger partial charge in [-0.25, -0.2) is 0 Å². The van der Waals surface area contributed by atoms with Crippen molar-refractivity contribution >= 4 is 35.7 Å². The van der Waals surface area contributed by atoms with Crippen molar-refractivity contribution in [3.63, 3.8) is 0 Å². The number of rotatable bonds is 9. The molecule has 2 rings (SSSR count). The smallest absolute Gasteiger partial charge is 0.313 e.